The fourth-order valence-corrected chi connectivity index (χ4v) is 3.59. The van der Waals surface area contributed by atoms with E-state index in [1.54, 1.807) is 53.0 Å². The Bertz CT molecular complexity index is 1090. The Morgan fingerprint density at radius 3 is 2.31 bits per heavy atom. The third-order valence-corrected chi connectivity index (χ3v) is 5.73. The van der Waals surface area contributed by atoms with Crippen LogP contribution in [0, 0.1) is 5.41 Å². The second-order valence-electron chi connectivity index (χ2n) is 9.83. The first-order valence-corrected chi connectivity index (χ1v) is 12.8. The zero-order chi connectivity index (χ0) is 27.1. The second kappa shape index (κ2) is 12.0. The molecular weight excluding hydrogens is 497 g/mol. The van der Waals surface area contributed by atoms with Gasteiger partial charge in [-0.3, -0.25) is 18.4 Å². The highest BCUT2D eigenvalue weighted by molar-refractivity contribution is 7.53. The summed E-state index contributed by atoms with van der Waals surface area (Å²) in [5, 5.41) is 0. The molecule has 36 heavy (non-hydrogen) atoms. The lowest BCUT2D eigenvalue weighted by Gasteiger charge is -2.23. The molecule has 0 spiro atoms. The number of carbonyl (C=O) groups excluding carboxylic acids is 2. The van der Waals surface area contributed by atoms with Gasteiger partial charge < -0.3 is 29.2 Å². The number of nitrogens with two attached hydrogens (primary N) is 1. The minimum absolute atomic E-state index is 0.244. The van der Waals surface area contributed by atoms with Crippen LogP contribution < -0.4 is 5.73 Å². The molecule has 14 nitrogen and oxygen atoms in total. The molecule has 15 heteroatoms. The number of rotatable bonds is 11. The zero-order valence-electron chi connectivity index (χ0n) is 21.5. The molecule has 0 fully saturated rings. The van der Waals surface area contributed by atoms with Crippen molar-refractivity contribution in [2.24, 2.45) is 5.41 Å². The third kappa shape index (κ3) is 9.34. The first kappa shape index (κ1) is 29.4. The monoisotopic (exact) mass is 531 g/mol. The lowest BCUT2D eigenvalue weighted by molar-refractivity contribution is -0.160. The average Bonchev–Trinajstić information content (AvgIpc) is 3.14. The molecule has 1 unspecified atom stereocenters. The Morgan fingerprint density at radius 1 is 1.06 bits per heavy atom. The summed E-state index contributed by atoms with van der Waals surface area (Å²) >= 11 is 0. The Morgan fingerprint density at radius 2 is 1.69 bits per heavy atom. The van der Waals surface area contributed by atoms with E-state index in [1.807, 2.05) is 0 Å². The predicted octanol–water partition coefficient (Wildman–Crippen LogP) is 3.45. The molecule has 2 rings (SSSR count). The summed E-state index contributed by atoms with van der Waals surface area (Å²) in [5.74, 6) is -0.324. The van der Waals surface area contributed by atoms with Crippen molar-refractivity contribution in [3.63, 3.8) is 0 Å². The lowest BCUT2D eigenvalue weighted by atomic mass is 9.98. The molecule has 0 aliphatic heterocycles. The van der Waals surface area contributed by atoms with Crippen molar-refractivity contribution in [2.75, 3.05) is 25.7 Å². The van der Waals surface area contributed by atoms with Crippen LogP contribution in [0.1, 0.15) is 48.5 Å². The van der Waals surface area contributed by atoms with E-state index >= 15 is 0 Å². The molecule has 2 atom stereocenters. The third-order valence-electron chi connectivity index (χ3n) is 4.27. The van der Waals surface area contributed by atoms with Crippen LogP contribution in [-0.2, 0) is 43.9 Å². The van der Waals surface area contributed by atoms with Crippen molar-refractivity contribution in [3.05, 3.63) is 12.7 Å². The van der Waals surface area contributed by atoms with Crippen LogP contribution in [-0.4, -0.2) is 63.3 Å². The smallest absolute Gasteiger partial charge is 0.438 e. The van der Waals surface area contributed by atoms with Crippen LogP contribution in [0.5, 0.6) is 0 Å². The first-order valence-electron chi connectivity index (χ1n) is 11.0. The maximum absolute atomic E-state index is 13.2. The van der Waals surface area contributed by atoms with Gasteiger partial charge in [-0.25, -0.2) is 19.7 Å². The molecule has 0 amide bonds. The molecule has 202 valence electrons. The number of fused-ring (bicyclic) bond motifs is 1. The van der Waals surface area contributed by atoms with Gasteiger partial charge in [0.2, 0.25) is 13.6 Å². The van der Waals surface area contributed by atoms with Crippen molar-refractivity contribution in [1.29, 1.82) is 0 Å². The summed E-state index contributed by atoms with van der Waals surface area (Å²) in [7, 11) is -4.04. The maximum atomic E-state index is 13.2. The quantitative estimate of drug-likeness (QED) is 0.254. The predicted molar refractivity (Wildman–Crippen MR) is 128 cm³/mol. The molecular formula is C21H34N5O9P. The van der Waals surface area contributed by atoms with Crippen molar-refractivity contribution < 1.29 is 42.1 Å². The molecule has 2 N–H and O–H groups in total. The highest BCUT2D eigenvalue weighted by Crippen LogP contribution is 2.48. The van der Waals surface area contributed by atoms with E-state index < -0.39 is 56.8 Å². The standard InChI is InChI=1S/C21H34N5O9P/c1-14(8-26-10-25-15-16(22)23-9-24-17(15)26)32-13-36(29,33-11-30-18(27)20(2,3)4)34-12-31-19(28)35-21(5,6)7/h9-10,14H,8,11-13H2,1-7H3,(H2,22,23,24)/t14-,36?/m1/s1. The Balaban J connectivity index is 1.99. The van der Waals surface area contributed by atoms with Crippen LogP contribution in [0.2, 0.25) is 0 Å². The Labute approximate surface area is 209 Å². The lowest BCUT2D eigenvalue weighted by Crippen LogP contribution is -2.25. The number of imidazole rings is 1. The topological polar surface area (TPSA) is 176 Å². The van der Waals surface area contributed by atoms with Crippen molar-refractivity contribution in [1.82, 2.24) is 19.5 Å². The van der Waals surface area contributed by atoms with E-state index in [2.05, 4.69) is 15.0 Å². The summed E-state index contributed by atoms with van der Waals surface area (Å²) in [4.78, 5) is 36.0. The van der Waals surface area contributed by atoms with Crippen LogP contribution in [0.25, 0.3) is 11.2 Å². The van der Waals surface area contributed by atoms with E-state index in [4.69, 9.17) is 33.7 Å². The number of carbonyl (C=O) groups is 2. The van der Waals surface area contributed by atoms with Crippen LogP contribution in [0.15, 0.2) is 12.7 Å². The number of anilines is 1. The minimum atomic E-state index is -4.04. The van der Waals surface area contributed by atoms with E-state index in [0.29, 0.717) is 11.2 Å². The van der Waals surface area contributed by atoms with Gasteiger partial charge >= 0.3 is 19.7 Å². The van der Waals surface area contributed by atoms with Crippen molar-refractivity contribution in [2.45, 2.75) is 66.7 Å². The van der Waals surface area contributed by atoms with E-state index in [0.717, 1.165) is 0 Å². The van der Waals surface area contributed by atoms with Crippen LogP contribution in [0.3, 0.4) is 0 Å². The number of hydrogen-bond acceptors (Lipinski definition) is 13. The normalized spacial score (nSPS) is 14.8. The van der Waals surface area contributed by atoms with Gasteiger partial charge in [0.25, 0.3) is 0 Å². The summed E-state index contributed by atoms with van der Waals surface area (Å²) in [6.07, 6.45) is 0.797. The van der Waals surface area contributed by atoms with Crippen molar-refractivity contribution in [3.8, 4) is 0 Å². The van der Waals surface area contributed by atoms with E-state index in [9.17, 15) is 14.2 Å². The molecule has 0 aliphatic carbocycles. The van der Waals surface area contributed by atoms with Gasteiger partial charge in [-0.05, 0) is 48.5 Å². The maximum Gasteiger partial charge on any atom is 0.510 e. The second-order valence-corrected chi connectivity index (χ2v) is 11.8. The molecule has 2 aromatic heterocycles. The summed E-state index contributed by atoms with van der Waals surface area (Å²) in [5.41, 5.74) is 5.18. The Hall–Kier alpha value is -2.80. The molecule has 0 aromatic carbocycles. The molecule has 0 bridgehead atoms. The van der Waals surface area contributed by atoms with E-state index in [1.165, 1.54) is 12.7 Å². The van der Waals surface area contributed by atoms with Crippen LogP contribution >= 0.6 is 7.60 Å². The number of aromatic nitrogens is 4. The largest absolute Gasteiger partial charge is 0.510 e. The van der Waals surface area contributed by atoms with Gasteiger partial charge in [0.15, 0.2) is 11.5 Å². The SMILES string of the molecule is C[C@H](Cn1cnc2c(N)ncnc21)OCP(=O)(OCOC(=O)OC(C)(C)C)OCOC(=O)C(C)(C)C. The van der Waals surface area contributed by atoms with Crippen molar-refractivity contribution >= 4 is 36.7 Å². The number of nitrogen functional groups attached to an aromatic ring is 1. The van der Waals surface area contributed by atoms with Gasteiger partial charge in [0, 0.05) is 0 Å². The fourth-order valence-electron chi connectivity index (χ4n) is 2.50. The number of nitrogens with zero attached hydrogens (tertiary/aromatic N) is 4. The number of esters is 1. The van der Waals surface area contributed by atoms with Gasteiger partial charge in [0.05, 0.1) is 24.4 Å². The van der Waals surface area contributed by atoms with Gasteiger partial charge in [-0.1, -0.05) is 0 Å². The molecule has 0 radical (unpaired) electrons. The first-order chi connectivity index (χ1) is 16.6. The summed E-state index contributed by atoms with van der Waals surface area (Å²) in [6, 6.07) is 0. The fraction of sp³-hybridized carbons (Fsp3) is 0.667. The highest BCUT2D eigenvalue weighted by atomic mass is 31.2. The molecule has 2 aromatic rings. The van der Waals surface area contributed by atoms with Gasteiger partial charge in [-0.2, -0.15) is 0 Å². The Kier molecular flexibility index (Phi) is 9.78. The van der Waals surface area contributed by atoms with Gasteiger partial charge in [0.1, 0.15) is 23.8 Å². The minimum Gasteiger partial charge on any atom is -0.438 e. The van der Waals surface area contributed by atoms with E-state index in [-0.39, 0.29) is 12.4 Å². The average molecular weight is 532 g/mol. The molecule has 0 saturated carbocycles. The summed E-state index contributed by atoms with van der Waals surface area (Å²) < 4.78 is 45.8. The zero-order valence-corrected chi connectivity index (χ0v) is 22.4. The highest BCUT2D eigenvalue weighted by Gasteiger charge is 2.30. The number of hydrogen-bond donors (Lipinski definition) is 1. The number of ether oxygens (including phenoxy) is 4. The molecule has 2 heterocycles. The summed E-state index contributed by atoms with van der Waals surface area (Å²) in [6.45, 7) is 10.6. The van der Waals surface area contributed by atoms with Gasteiger partial charge in [-0.15, -0.1) is 0 Å². The molecule has 0 saturated heterocycles. The molecule has 0 aliphatic rings. The van der Waals surface area contributed by atoms with Crippen LogP contribution in [0.4, 0.5) is 10.6 Å².